The Morgan fingerprint density at radius 2 is 1.53 bits per heavy atom. The molecule has 0 heterocycles. The van der Waals surface area contributed by atoms with Gasteiger partial charge in [-0.1, -0.05) is 58.8 Å². The Labute approximate surface area is 121 Å². The second-order valence-corrected chi connectivity index (χ2v) is 6.39. The Bertz CT molecular complexity index is 207. The molecule has 0 saturated heterocycles. The predicted molar refractivity (Wildman–Crippen MR) is 85.5 cm³/mol. The van der Waals surface area contributed by atoms with Crippen molar-refractivity contribution >= 4 is 0 Å². The molecule has 0 bridgehead atoms. The summed E-state index contributed by atoms with van der Waals surface area (Å²) in [5.41, 5.74) is 6.56. The second-order valence-electron chi connectivity index (χ2n) is 6.39. The number of nitrogens with zero attached hydrogens (tertiary/aromatic N) is 1. The zero-order valence-electron chi connectivity index (χ0n) is 13.4. The van der Waals surface area contributed by atoms with Crippen LogP contribution in [0.25, 0.3) is 0 Å². The summed E-state index contributed by atoms with van der Waals surface area (Å²) in [7, 11) is 0. The number of unbranched alkanes of at least 4 members (excludes halogenated alkanes) is 3. The lowest BCUT2D eigenvalue weighted by atomic mass is 9.87. The normalized spacial score (nSPS) is 19.6. The number of rotatable bonds is 9. The second kappa shape index (κ2) is 9.77. The van der Waals surface area contributed by atoms with Crippen LogP contribution >= 0.6 is 0 Å². The van der Waals surface area contributed by atoms with E-state index in [1.165, 1.54) is 83.7 Å². The van der Waals surface area contributed by atoms with Gasteiger partial charge < -0.3 is 5.73 Å². The highest BCUT2D eigenvalue weighted by atomic mass is 15.2. The molecular weight excluding hydrogens is 232 g/mol. The summed E-state index contributed by atoms with van der Waals surface area (Å²) >= 11 is 0. The molecule has 2 N–H and O–H groups in total. The van der Waals surface area contributed by atoms with Gasteiger partial charge in [0, 0.05) is 12.1 Å². The molecule has 1 rings (SSSR count). The zero-order valence-corrected chi connectivity index (χ0v) is 13.4. The highest BCUT2D eigenvalue weighted by Gasteiger charge is 2.34. The molecule has 0 aromatic rings. The fraction of sp³-hybridized carbons (Fsp3) is 1.00. The van der Waals surface area contributed by atoms with Gasteiger partial charge in [-0.3, -0.25) is 4.90 Å². The van der Waals surface area contributed by atoms with E-state index in [1.54, 1.807) is 0 Å². The summed E-state index contributed by atoms with van der Waals surface area (Å²) < 4.78 is 0. The minimum atomic E-state index is 0.332. The van der Waals surface area contributed by atoms with E-state index >= 15 is 0 Å². The first-order valence-electron chi connectivity index (χ1n) is 8.74. The van der Waals surface area contributed by atoms with Crippen LogP contribution in [0.2, 0.25) is 0 Å². The van der Waals surface area contributed by atoms with Gasteiger partial charge in [0.2, 0.25) is 0 Å². The van der Waals surface area contributed by atoms with E-state index in [4.69, 9.17) is 5.73 Å². The Morgan fingerprint density at radius 3 is 2.05 bits per heavy atom. The van der Waals surface area contributed by atoms with Crippen LogP contribution in [0.15, 0.2) is 0 Å². The van der Waals surface area contributed by atoms with Crippen molar-refractivity contribution < 1.29 is 0 Å². The van der Waals surface area contributed by atoms with Crippen molar-refractivity contribution in [2.45, 2.75) is 90.0 Å². The lowest BCUT2D eigenvalue weighted by Crippen LogP contribution is -2.54. The van der Waals surface area contributed by atoms with Gasteiger partial charge in [-0.2, -0.15) is 0 Å². The first kappa shape index (κ1) is 17.0. The molecule has 2 heteroatoms. The first-order valence-corrected chi connectivity index (χ1v) is 8.74. The van der Waals surface area contributed by atoms with Crippen LogP contribution in [-0.2, 0) is 0 Å². The number of hydrogen-bond donors (Lipinski definition) is 1. The molecule has 1 fully saturated rings. The molecule has 0 aliphatic heterocycles. The quantitative estimate of drug-likeness (QED) is 0.498. The molecule has 0 aromatic carbocycles. The topological polar surface area (TPSA) is 29.3 Å². The van der Waals surface area contributed by atoms with Crippen molar-refractivity contribution in [2.75, 3.05) is 19.6 Å². The Kier molecular flexibility index (Phi) is 8.72. The minimum Gasteiger partial charge on any atom is -0.329 e. The molecule has 114 valence electrons. The van der Waals surface area contributed by atoms with Crippen LogP contribution in [-0.4, -0.2) is 30.1 Å². The van der Waals surface area contributed by atoms with Gasteiger partial charge in [-0.15, -0.1) is 0 Å². The fourth-order valence-corrected chi connectivity index (χ4v) is 3.62. The van der Waals surface area contributed by atoms with Crippen molar-refractivity contribution in [3.05, 3.63) is 0 Å². The fourth-order valence-electron chi connectivity index (χ4n) is 3.62. The van der Waals surface area contributed by atoms with E-state index in [0.717, 1.165) is 6.54 Å². The molecule has 0 aromatic heterocycles. The maximum atomic E-state index is 6.23. The third-order valence-electron chi connectivity index (χ3n) is 4.86. The van der Waals surface area contributed by atoms with Crippen molar-refractivity contribution in [1.29, 1.82) is 0 Å². The summed E-state index contributed by atoms with van der Waals surface area (Å²) in [6.45, 7) is 7.96. The van der Waals surface area contributed by atoms with Gasteiger partial charge >= 0.3 is 0 Å². The van der Waals surface area contributed by atoms with E-state index in [1.807, 2.05) is 0 Å². The summed E-state index contributed by atoms with van der Waals surface area (Å²) in [4.78, 5) is 2.76. The van der Waals surface area contributed by atoms with E-state index in [9.17, 15) is 0 Å². The molecule has 1 saturated carbocycles. The van der Waals surface area contributed by atoms with E-state index in [-0.39, 0.29) is 0 Å². The lowest BCUT2D eigenvalue weighted by Gasteiger charge is -2.43. The first-order chi connectivity index (χ1) is 9.29. The van der Waals surface area contributed by atoms with Gasteiger partial charge in [-0.25, -0.2) is 0 Å². The molecule has 0 amide bonds. The van der Waals surface area contributed by atoms with Crippen LogP contribution in [0.4, 0.5) is 0 Å². The lowest BCUT2D eigenvalue weighted by molar-refractivity contribution is 0.0755. The summed E-state index contributed by atoms with van der Waals surface area (Å²) in [5.74, 6) is 0. The van der Waals surface area contributed by atoms with Crippen LogP contribution in [0.3, 0.4) is 0 Å². The van der Waals surface area contributed by atoms with E-state index in [2.05, 4.69) is 18.7 Å². The van der Waals surface area contributed by atoms with Crippen LogP contribution in [0, 0.1) is 0 Å². The average molecular weight is 268 g/mol. The Balaban J connectivity index is 2.57. The van der Waals surface area contributed by atoms with Crippen LogP contribution in [0.1, 0.15) is 84.5 Å². The van der Waals surface area contributed by atoms with Crippen molar-refractivity contribution in [3.8, 4) is 0 Å². The van der Waals surface area contributed by atoms with Crippen LogP contribution in [0.5, 0.6) is 0 Å². The van der Waals surface area contributed by atoms with Gasteiger partial charge in [0.15, 0.2) is 0 Å². The van der Waals surface area contributed by atoms with Gasteiger partial charge in [0.1, 0.15) is 0 Å². The molecule has 0 spiro atoms. The number of hydrogen-bond acceptors (Lipinski definition) is 2. The third-order valence-corrected chi connectivity index (χ3v) is 4.86. The van der Waals surface area contributed by atoms with E-state index < -0.39 is 0 Å². The van der Waals surface area contributed by atoms with Gasteiger partial charge in [0.25, 0.3) is 0 Å². The molecule has 0 radical (unpaired) electrons. The maximum absolute atomic E-state index is 6.23. The minimum absolute atomic E-state index is 0.332. The van der Waals surface area contributed by atoms with Gasteiger partial charge in [0.05, 0.1) is 0 Å². The summed E-state index contributed by atoms with van der Waals surface area (Å²) in [6, 6.07) is 0. The molecule has 19 heavy (non-hydrogen) atoms. The summed E-state index contributed by atoms with van der Waals surface area (Å²) in [6.07, 6.45) is 15.0. The maximum Gasteiger partial charge on any atom is 0.0331 e. The molecule has 2 nitrogen and oxygen atoms in total. The third kappa shape index (κ3) is 5.43. The highest BCUT2D eigenvalue weighted by Crippen LogP contribution is 2.32. The molecule has 1 aliphatic carbocycles. The van der Waals surface area contributed by atoms with Crippen LogP contribution < -0.4 is 5.73 Å². The largest absolute Gasteiger partial charge is 0.329 e. The zero-order chi connectivity index (χ0) is 14.0. The average Bonchev–Trinajstić information content (AvgIpc) is 2.68. The number of nitrogens with two attached hydrogens (primary N) is 1. The van der Waals surface area contributed by atoms with Crippen molar-refractivity contribution in [2.24, 2.45) is 5.73 Å². The smallest absolute Gasteiger partial charge is 0.0331 e. The van der Waals surface area contributed by atoms with E-state index in [0.29, 0.717) is 5.54 Å². The van der Waals surface area contributed by atoms with Crippen molar-refractivity contribution in [1.82, 2.24) is 4.90 Å². The highest BCUT2D eigenvalue weighted by molar-refractivity contribution is 4.93. The summed E-state index contributed by atoms with van der Waals surface area (Å²) in [5, 5.41) is 0. The molecular formula is C17H36N2. The molecule has 0 atom stereocenters. The molecule has 1 aliphatic rings. The van der Waals surface area contributed by atoms with Gasteiger partial charge in [-0.05, 0) is 38.8 Å². The molecule has 0 unspecified atom stereocenters. The van der Waals surface area contributed by atoms with Crippen molar-refractivity contribution in [3.63, 3.8) is 0 Å². The monoisotopic (exact) mass is 268 g/mol. The Morgan fingerprint density at radius 1 is 0.842 bits per heavy atom. The standard InChI is InChI=1S/C17H36N2/c1-3-5-6-11-15-19(14-4-2)17(16-18)12-9-7-8-10-13-17/h3-16,18H2,1-2H3. The SMILES string of the molecule is CCCCCCN(CCC)C1(CN)CCCCCC1. The Hall–Kier alpha value is -0.0800. The predicted octanol–water partition coefficient (Wildman–Crippen LogP) is 4.33.